The zero-order valence-electron chi connectivity index (χ0n) is 12.7. The molecule has 0 aliphatic carbocycles. The first-order valence-corrected chi connectivity index (χ1v) is 6.93. The number of nitrogens with zero attached hydrogens (tertiary/aromatic N) is 2. The smallest absolute Gasteiger partial charge is 0.278 e. The number of halogens is 1. The number of hydrogen-bond donors (Lipinski definition) is 1. The van der Waals surface area contributed by atoms with E-state index in [0.717, 1.165) is 0 Å². The van der Waals surface area contributed by atoms with Crippen molar-refractivity contribution in [2.24, 2.45) is 5.10 Å². The summed E-state index contributed by atoms with van der Waals surface area (Å²) in [5.41, 5.74) is 2.66. The molecule has 0 atom stereocenters. The largest absolute Gasteiger partial charge is 0.481 e. The molecule has 124 valence electrons. The van der Waals surface area contributed by atoms with Crippen molar-refractivity contribution in [3.8, 4) is 5.75 Å². The Kier molecular flexibility index (Phi) is 5.56. The van der Waals surface area contributed by atoms with Gasteiger partial charge in [-0.3, -0.25) is 14.9 Å². The van der Waals surface area contributed by atoms with Gasteiger partial charge in [-0.25, -0.2) is 9.82 Å². The lowest BCUT2D eigenvalue weighted by Crippen LogP contribution is -2.25. The highest BCUT2D eigenvalue weighted by Gasteiger charge is 2.15. The second-order valence-corrected chi connectivity index (χ2v) is 4.73. The summed E-state index contributed by atoms with van der Waals surface area (Å²) < 4.78 is 18.4. The first-order valence-electron chi connectivity index (χ1n) is 6.93. The van der Waals surface area contributed by atoms with E-state index in [0.29, 0.717) is 0 Å². The fourth-order valence-electron chi connectivity index (χ4n) is 1.88. The Morgan fingerprint density at radius 3 is 2.62 bits per heavy atom. The van der Waals surface area contributed by atoms with Crippen molar-refractivity contribution in [2.75, 3.05) is 6.61 Å². The minimum Gasteiger partial charge on any atom is -0.481 e. The molecule has 0 aliphatic rings. The SMILES string of the molecule is C/C(=N/NC(=O)COc1ccccc1F)c1ccccc1[N+](=O)[O-]. The molecule has 0 saturated carbocycles. The molecule has 8 heteroatoms. The minimum atomic E-state index is -0.615. The number of rotatable bonds is 6. The lowest BCUT2D eigenvalue weighted by Gasteiger charge is -2.06. The van der Waals surface area contributed by atoms with Crippen LogP contribution in [0.3, 0.4) is 0 Å². The second-order valence-electron chi connectivity index (χ2n) is 4.73. The number of hydrazone groups is 1. The predicted octanol–water partition coefficient (Wildman–Crippen LogP) is 2.65. The highest BCUT2D eigenvalue weighted by atomic mass is 19.1. The maximum Gasteiger partial charge on any atom is 0.278 e. The number of carbonyl (C=O) groups is 1. The van der Waals surface area contributed by atoms with E-state index in [9.17, 15) is 19.3 Å². The lowest BCUT2D eigenvalue weighted by molar-refractivity contribution is -0.385. The molecule has 24 heavy (non-hydrogen) atoms. The third-order valence-electron chi connectivity index (χ3n) is 3.03. The third-order valence-corrected chi connectivity index (χ3v) is 3.03. The Balaban J connectivity index is 1.99. The zero-order valence-corrected chi connectivity index (χ0v) is 12.7. The summed E-state index contributed by atoms with van der Waals surface area (Å²) in [6, 6.07) is 11.7. The average Bonchev–Trinajstić information content (AvgIpc) is 2.59. The summed E-state index contributed by atoms with van der Waals surface area (Å²) in [7, 11) is 0. The quantitative estimate of drug-likeness (QED) is 0.500. The topological polar surface area (TPSA) is 93.8 Å². The highest BCUT2D eigenvalue weighted by Crippen LogP contribution is 2.18. The fourth-order valence-corrected chi connectivity index (χ4v) is 1.88. The second kappa shape index (κ2) is 7.82. The van der Waals surface area contributed by atoms with Crippen molar-refractivity contribution in [2.45, 2.75) is 6.92 Å². The number of benzene rings is 2. The average molecular weight is 331 g/mol. The van der Waals surface area contributed by atoms with Crippen LogP contribution in [0.25, 0.3) is 0 Å². The number of amides is 1. The van der Waals surface area contributed by atoms with E-state index in [-0.39, 0.29) is 22.7 Å². The van der Waals surface area contributed by atoms with Gasteiger partial charge in [0.05, 0.1) is 16.2 Å². The Hall–Kier alpha value is -3.29. The zero-order chi connectivity index (χ0) is 17.5. The van der Waals surface area contributed by atoms with Gasteiger partial charge in [-0.15, -0.1) is 0 Å². The molecule has 0 saturated heterocycles. The fraction of sp³-hybridized carbons (Fsp3) is 0.125. The predicted molar refractivity (Wildman–Crippen MR) is 85.3 cm³/mol. The Labute approximate surface area is 136 Å². The van der Waals surface area contributed by atoms with Gasteiger partial charge in [0.1, 0.15) is 0 Å². The number of para-hydroxylation sites is 2. The summed E-state index contributed by atoms with van der Waals surface area (Å²) in [5, 5.41) is 14.8. The molecule has 7 nitrogen and oxygen atoms in total. The number of nitrogens with one attached hydrogen (secondary N) is 1. The van der Waals surface area contributed by atoms with Gasteiger partial charge in [-0.2, -0.15) is 5.10 Å². The van der Waals surface area contributed by atoms with Gasteiger partial charge >= 0.3 is 0 Å². The first kappa shape index (κ1) is 17.1. The van der Waals surface area contributed by atoms with Crippen LogP contribution >= 0.6 is 0 Å². The standard InChI is InChI=1S/C16H14FN3O4/c1-11(12-6-2-4-8-14(12)20(22)23)18-19-16(21)10-24-15-9-5-3-7-13(15)17/h2-9H,10H2,1H3,(H,19,21)/b18-11-. The molecule has 2 aromatic carbocycles. The summed E-state index contributed by atoms with van der Waals surface area (Å²) in [6.45, 7) is 1.09. The van der Waals surface area contributed by atoms with Crippen LogP contribution in [0.1, 0.15) is 12.5 Å². The molecular weight excluding hydrogens is 317 g/mol. The molecule has 0 aromatic heterocycles. The van der Waals surface area contributed by atoms with Crippen LogP contribution < -0.4 is 10.2 Å². The van der Waals surface area contributed by atoms with Crippen LogP contribution in [0.15, 0.2) is 53.6 Å². The molecule has 2 rings (SSSR count). The molecule has 0 aliphatic heterocycles. The number of ether oxygens (including phenoxy) is 1. The third kappa shape index (κ3) is 4.35. The van der Waals surface area contributed by atoms with Crippen LogP contribution in [0.2, 0.25) is 0 Å². The van der Waals surface area contributed by atoms with Gasteiger partial charge in [-0.05, 0) is 25.1 Å². The van der Waals surface area contributed by atoms with E-state index in [1.54, 1.807) is 12.1 Å². The van der Waals surface area contributed by atoms with Crippen molar-refractivity contribution in [1.82, 2.24) is 5.43 Å². The van der Waals surface area contributed by atoms with Crippen LogP contribution in [-0.4, -0.2) is 23.1 Å². The molecule has 0 radical (unpaired) electrons. The van der Waals surface area contributed by atoms with Crippen molar-refractivity contribution in [1.29, 1.82) is 0 Å². The van der Waals surface area contributed by atoms with Crippen LogP contribution in [-0.2, 0) is 4.79 Å². The minimum absolute atomic E-state index is 0.0490. The Bertz CT molecular complexity index is 792. The van der Waals surface area contributed by atoms with E-state index in [1.807, 2.05) is 0 Å². The summed E-state index contributed by atoms with van der Waals surface area (Å²) >= 11 is 0. The molecule has 0 heterocycles. The van der Waals surface area contributed by atoms with E-state index in [4.69, 9.17) is 4.74 Å². The summed E-state index contributed by atoms with van der Waals surface area (Å²) in [5.74, 6) is -1.24. The number of carbonyl (C=O) groups excluding carboxylic acids is 1. The molecule has 2 aromatic rings. The van der Waals surface area contributed by atoms with E-state index in [2.05, 4.69) is 10.5 Å². The first-order chi connectivity index (χ1) is 11.5. The Morgan fingerprint density at radius 1 is 1.25 bits per heavy atom. The molecule has 0 unspecified atom stereocenters. The number of hydrogen-bond acceptors (Lipinski definition) is 5. The normalized spacial score (nSPS) is 11.0. The summed E-state index contributed by atoms with van der Waals surface area (Å²) in [6.07, 6.45) is 0. The monoisotopic (exact) mass is 331 g/mol. The molecule has 0 bridgehead atoms. The van der Waals surface area contributed by atoms with Crippen LogP contribution in [0.4, 0.5) is 10.1 Å². The van der Waals surface area contributed by atoms with Gasteiger partial charge < -0.3 is 4.74 Å². The number of nitro benzene ring substituents is 1. The lowest BCUT2D eigenvalue weighted by atomic mass is 10.1. The van der Waals surface area contributed by atoms with Crippen molar-refractivity contribution in [3.63, 3.8) is 0 Å². The van der Waals surface area contributed by atoms with Gasteiger partial charge in [0.2, 0.25) is 0 Å². The maximum absolute atomic E-state index is 13.3. The molecule has 0 spiro atoms. The van der Waals surface area contributed by atoms with Crippen molar-refractivity contribution in [3.05, 3.63) is 70.0 Å². The van der Waals surface area contributed by atoms with Gasteiger partial charge in [0.15, 0.2) is 18.2 Å². The van der Waals surface area contributed by atoms with Crippen LogP contribution in [0.5, 0.6) is 5.75 Å². The van der Waals surface area contributed by atoms with E-state index < -0.39 is 23.3 Å². The number of nitro groups is 1. The Morgan fingerprint density at radius 2 is 1.92 bits per heavy atom. The van der Waals surface area contributed by atoms with Crippen LogP contribution in [0, 0.1) is 15.9 Å². The van der Waals surface area contributed by atoms with Gasteiger partial charge in [0.25, 0.3) is 11.6 Å². The maximum atomic E-state index is 13.3. The molecular formula is C16H14FN3O4. The highest BCUT2D eigenvalue weighted by molar-refractivity contribution is 6.02. The van der Waals surface area contributed by atoms with Gasteiger partial charge in [0, 0.05) is 6.07 Å². The molecule has 1 N–H and O–H groups in total. The molecule has 1 amide bonds. The van der Waals surface area contributed by atoms with Gasteiger partial charge in [-0.1, -0.05) is 24.3 Å². The van der Waals surface area contributed by atoms with Crippen molar-refractivity contribution >= 4 is 17.3 Å². The van der Waals surface area contributed by atoms with Crippen molar-refractivity contribution < 1.29 is 18.8 Å². The summed E-state index contributed by atoms with van der Waals surface area (Å²) in [4.78, 5) is 22.1. The molecule has 0 fully saturated rings. The van der Waals surface area contributed by atoms with E-state index in [1.165, 1.54) is 43.3 Å². The van der Waals surface area contributed by atoms with E-state index >= 15 is 0 Å².